The second-order valence-electron chi connectivity index (χ2n) is 9.98. The van der Waals surface area contributed by atoms with Crippen LogP contribution < -0.4 is 15.4 Å². The van der Waals surface area contributed by atoms with E-state index in [-0.39, 0.29) is 10.6 Å². The van der Waals surface area contributed by atoms with E-state index in [2.05, 4.69) is 30.5 Å². The molecular formula is C26H30N6O6S. The summed E-state index contributed by atoms with van der Waals surface area (Å²) in [7, 11) is -4.16. The van der Waals surface area contributed by atoms with Gasteiger partial charge in [-0.1, -0.05) is 35.5 Å². The summed E-state index contributed by atoms with van der Waals surface area (Å²) in [5, 5.41) is 20.9. The molecule has 0 saturated heterocycles. The van der Waals surface area contributed by atoms with Crippen LogP contribution in [-0.2, 0) is 24.4 Å². The molecule has 206 valence electrons. The van der Waals surface area contributed by atoms with Crippen LogP contribution in [0.25, 0.3) is 10.8 Å². The normalized spacial score (nSPS) is 21.7. The van der Waals surface area contributed by atoms with Crippen LogP contribution in [-0.4, -0.2) is 65.8 Å². The monoisotopic (exact) mass is 554 g/mol. The number of H-pyrrole nitrogens is 1. The Morgan fingerprint density at radius 2 is 1.92 bits per heavy atom. The molecule has 12 nitrogen and oxygen atoms in total. The van der Waals surface area contributed by atoms with Crippen LogP contribution in [0.5, 0.6) is 0 Å². The quantitative estimate of drug-likeness (QED) is 0.253. The Bertz CT molecular complexity index is 1480. The number of nitrogens with one attached hydrogen (secondary N) is 4. The molecule has 0 bridgehead atoms. The van der Waals surface area contributed by atoms with Gasteiger partial charge in [0.15, 0.2) is 5.95 Å². The maximum Gasteiger partial charge on any atom is 0.323 e. The number of amides is 1. The average Bonchev–Trinajstić information content (AvgIpc) is 3.61. The van der Waals surface area contributed by atoms with Crippen molar-refractivity contribution in [1.29, 1.82) is 0 Å². The first kappa shape index (κ1) is 26.6. The van der Waals surface area contributed by atoms with E-state index < -0.39 is 40.1 Å². The number of benzene rings is 2. The van der Waals surface area contributed by atoms with Crippen LogP contribution in [0.1, 0.15) is 32.1 Å². The van der Waals surface area contributed by atoms with E-state index >= 15 is 0 Å². The van der Waals surface area contributed by atoms with E-state index in [1.165, 1.54) is 12.1 Å². The van der Waals surface area contributed by atoms with Gasteiger partial charge in [-0.05, 0) is 54.5 Å². The Balaban J connectivity index is 1.12. The van der Waals surface area contributed by atoms with E-state index in [4.69, 9.17) is 4.84 Å². The molecule has 1 saturated carbocycles. The summed E-state index contributed by atoms with van der Waals surface area (Å²) in [5.74, 6) is -0.824. The number of rotatable bonds is 10. The Kier molecular flexibility index (Phi) is 7.53. The first-order chi connectivity index (χ1) is 18.7. The summed E-state index contributed by atoms with van der Waals surface area (Å²) in [6.07, 6.45) is 7.03. The lowest BCUT2D eigenvalue weighted by molar-refractivity contribution is -0.138. The zero-order valence-electron chi connectivity index (χ0n) is 21.1. The van der Waals surface area contributed by atoms with Gasteiger partial charge in [-0.15, -0.1) is 0 Å². The average molecular weight is 555 g/mol. The minimum atomic E-state index is -4.16. The molecule has 1 aliphatic heterocycles. The molecule has 1 aromatic heterocycles. The predicted molar refractivity (Wildman–Crippen MR) is 144 cm³/mol. The molecule has 1 fully saturated rings. The smallest absolute Gasteiger partial charge is 0.323 e. The highest BCUT2D eigenvalue weighted by atomic mass is 32.2. The molecule has 3 aromatic rings. The van der Waals surface area contributed by atoms with Gasteiger partial charge < -0.3 is 25.6 Å². The van der Waals surface area contributed by atoms with Gasteiger partial charge in [0, 0.05) is 31.9 Å². The van der Waals surface area contributed by atoms with Crippen molar-refractivity contribution in [3.05, 3.63) is 54.9 Å². The van der Waals surface area contributed by atoms with Crippen molar-refractivity contribution in [3.8, 4) is 0 Å². The molecule has 2 aromatic carbocycles. The summed E-state index contributed by atoms with van der Waals surface area (Å²) >= 11 is 0. The molecule has 1 amide bonds. The maximum atomic E-state index is 12.9. The van der Waals surface area contributed by atoms with E-state index in [0.29, 0.717) is 17.7 Å². The molecule has 1 aliphatic carbocycles. The number of aromatic nitrogens is 2. The number of aliphatic carboxylic acids is 1. The minimum Gasteiger partial charge on any atom is -0.480 e. The number of carbonyl (C=O) groups is 2. The number of nitrogens with zero attached hydrogens (tertiary/aromatic N) is 2. The largest absolute Gasteiger partial charge is 0.480 e. The predicted octanol–water partition coefficient (Wildman–Crippen LogP) is 2.23. The number of aromatic amines is 1. The molecule has 0 radical (unpaired) electrons. The fourth-order valence-corrected chi connectivity index (χ4v) is 6.21. The van der Waals surface area contributed by atoms with Crippen LogP contribution in [0.3, 0.4) is 0 Å². The Morgan fingerprint density at radius 1 is 1.15 bits per heavy atom. The van der Waals surface area contributed by atoms with E-state index in [1.54, 1.807) is 30.6 Å². The molecule has 5 N–H and O–H groups in total. The summed E-state index contributed by atoms with van der Waals surface area (Å²) < 4.78 is 28.0. The second-order valence-corrected chi connectivity index (χ2v) is 11.7. The zero-order valence-corrected chi connectivity index (χ0v) is 21.9. The lowest BCUT2D eigenvalue weighted by atomic mass is 9.76. The van der Waals surface area contributed by atoms with Gasteiger partial charge in [0.25, 0.3) is 5.91 Å². The number of hydrogen-bond acceptors (Lipinski definition) is 8. The molecule has 5 rings (SSSR count). The van der Waals surface area contributed by atoms with Crippen LogP contribution in [0.2, 0.25) is 0 Å². The highest BCUT2D eigenvalue weighted by Gasteiger charge is 2.44. The number of carboxylic acid groups (broad SMARTS) is 1. The van der Waals surface area contributed by atoms with Crippen molar-refractivity contribution < 1.29 is 28.0 Å². The highest BCUT2D eigenvalue weighted by Crippen LogP contribution is 2.40. The minimum absolute atomic E-state index is 0.0655. The van der Waals surface area contributed by atoms with Crippen LogP contribution in [0.15, 0.2) is 64.9 Å². The fourth-order valence-electron chi connectivity index (χ4n) is 4.99. The van der Waals surface area contributed by atoms with Gasteiger partial charge in [-0.3, -0.25) is 9.59 Å². The summed E-state index contributed by atoms with van der Waals surface area (Å²) in [4.78, 5) is 37.4. The zero-order chi connectivity index (χ0) is 27.5. The highest BCUT2D eigenvalue weighted by molar-refractivity contribution is 7.89. The first-order valence-corrected chi connectivity index (χ1v) is 14.2. The molecule has 1 atom stereocenters. The summed E-state index contributed by atoms with van der Waals surface area (Å²) in [5.41, 5.74) is -0.374. The van der Waals surface area contributed by atoms with Crippen molar-refractivity contribution in [2.75, 3.05) is 18.4 Å². The molecule has 2 heterocycles. The van der Waals surface area contributed by atoms with Gasteiger partial charge in [-0.2, -0.15) is 4.72 Å². The van der Waals surface area contributed by atoms with Gasteiger partial charge in [-0.25, -0.2) is 13.4 Å². The number of carboxylic acids is 1. The van der Waals surface area contributed by atoms with E-state index in [9.17, 15) is 23.1 Å². The van der Waals surface area contributed by atoms with Crippen molar-refractivity contribution in [3.63, 3.8) is 0 Å². The van der Waals surface area contributed by atoms with Gasteiger partial charge in [0.05, 0.1) is 4.90 Å². The fraction of sp³-hybridized carbons (Fsp3) is 0.385. The molecule has 0 unspecified atom stereocenters. The van der Waals surface area contributed by atoms with Crippen molar-refractivity contribution >= 4 is 44.3 Å². The first-order valence-electron chi connectivity index (χ1n) is 12.7. The number of imidazole rings is 1. The third-order valence-corrected chi connectivity index (χ3v) is 8.74. The van der Waals surface area contributed by atoms with Crippen LogP contribution >= 0.6 is 0 Å². The van der Waals surface area contributed by atoms with Crippen molar-refractivity contribution in [1.82, 2.24) is 20.0 Å². The van der Waals surface area contributed by atoms with Gasteiger partial charge in [0.2, 0.25) is 10.0 Å². The third kappa shape index (κ3) is 6.20. The lowest BCUT2D eigenvalue weighted by Crippen LogP contribution is -2.49. The molecule has 1 spiro atoms. The third-order valence-electron chi connectivity index (χ3n) is 7.27. The SMILES string of the molecule is O=C(NC[C@H](NS(=O)(=O)c1ccc2ccccc2c1)C(=O)O)C1=NOC2(CCC(CNc3ncc[nH]3)CC2)C1. The number of carbonyl (C=O) groups excluding carboxylic acids is 1. The molecular weight excluding hydrogens is 524 g/mol. The Morgan fingerprint density at radius 3 is 2.64 bits per heavy atom. The standard InChI is InChI=1S/C26H30N6O6S/c33-23(21-14-26(38-31-21)9-7-17(8-10-26)15-30-25-27-11-12-28-25)29-16-22(24(34)35)32-39(36,37)20-6-5-18-3-1-2-4-19(18)13-20/h1-6,11-13,17,22,32H,7-10,14-16H2,(H,29,33)(H,34,35)(H2,27,28,30)/t17?,22-,26?/m0/s1. The molecule has 13 heteroatoms. The Hall–Kier alpha value is -3.97. The number of oxime groups is 1. The lowest BCUT2D eigenvalue weighted by Gasteiger charge is -2.34. The molecule has 39 heavy (non-hydrogen) atoms. The topological polar surface area (TPSA) is 175 Å². The second kappa shape index (κ2) is 11.0. The van der Waals surface area contributed by atoms with Crippen LogP contribution in [0, 0.1) is 5.92 Å². The molecule has 2 aliphatic rings. The Labute approximate surface area is 225 Å². The van der Waals surface area contributed by atoms with E-state index in [0.717, 1.165) is 43.6 Å². The summed E-state index contributed by atoms with van der Waals surface area (Å²) in [6, 6.07) is 10.2. The van der Waals surface area contributed by atoms with Crippen molar-refractivity contribution in [2.24, 2.45) is 11.1 Å². The van der Waals surface area contributed by atoms with Gasteiger partial charge in [0.1, 0.15) is 17.4 Å². The summed E-state index contributed by atoms with van der Waals surface area (Å²) in [6.45, 7) is 0.330. The van der Waals surface area contributed by atoms with Crippen molar-refractivity contribution in [2.45, 2.75) is 48.6 Å². The van der Waals surface area contributed by atoms with E-state index in [1.807, 2.05) is 12.1 Å². The van der Waals surface area contributed by atoms with Crippen LogP contribution in [0.4, 0.5) is 5.95 Å². The number of anilines is 1. The number of fused-ring (bicyclic) bond motifs is 1. The number of hydrogen-bond donors (Lipinski definition) is 5. The maximum absolute atomic E-state index is 12.9. The van der Waals surface area contributed by atoms with Gasteiger partial charge >= 0.3 is 5.97 Å². The number of sulfonamides is 1.